The predicted molar refractivity (Wildman–Crippen MR) is 87.2 cm³/mol. The molecule has 0 saturated heterocycles. The molecule has 5 nitrogen and oxygen atoms in total. The van der Waals surface area contributed by atoms with E-state index in [0.29, 0.717) is 16.8 Å². The van der Waals surface area contributed by atoms with E-state index >= 15 is 0 Å². The molecule has 0 atom stereocenters. The van der Waals surface area contributed by atoms with Crippen molar-refractivity contribution < 1.29 is 8.42 Å². The van der Waals surface area contributed by atoms with Gasteiger partial charge in [0.05, 0.1) is 5.01 Å². The summed E-state index contributed by atoms with van der Waals surface area (Å²) in [6.45, 7) is 6.98. The lowest BCUT2D eigenvalue weighted by Crippen LogP contribution is -2.22. The van der Waals surface area contributed by atoms with Crippen LogP contribution in [0.3, 0.4) is 0 Å². The molecule has 0 aromatic carbocycles. The van der Waals surface area contributed by atoms with Crippen LogP contribution in [0, 0.1) is 6.92 Å². The summed E-state index contributed by atoms with van der Waals surface area (Å²) < 4.78 is 27.4. The Morgan fingerprint density at radius 3 is 2.71 bits per heavy atom. The van der Waals surface area contributed by atoms with Gasteiger partial charge in [-0.2, -0.15) is 0 Å². The molecule has 2 aromatic rings. The van der Waals surface area contributed by atoms with Gasteiger partial charge in [-0.25, -0.2) is 18.1 Å². The maximum Gasteiger partial charge on any atom is 0.250 e. The molecule has 0 radical (unpaired) electrons. The quantitative estimate of drug-likeness (QED) is 0.809. The zero-order valence-electron chi connectivity index (χ0n) is 12.2. The Kier molecular flexibility index (Phi) is 5.50. The highest BCUT2D eigenvalue weighted by atomic mass is 32.2. The van der Waals surface area contributed by atoms with Gasteiger partial charge >= 0.3 is 0 Å². The number of sulfonamides is 1. The zero-order valence-corrected chi connectivity index (χ0v) is 14.7. The van der Waals surface area contributed by atoms with Gasteiger partial charge in [0.25, 0.3) is 0 Å². The molecule has 21 heavy (non-hydrogen) atoms. The molecule has 0 amide bonds. The zero-order chi connectivity index (χ0) is 15.5. The summed E-state index contributed by atoms with van der Waals surface area (Å²) >= 11 is 2.74. The Hall–Kier alpha value is -0.800. The number of hydrogen-bond acceptors (Lipinski definition) is 6. The highest BCUT2D eigenvalue weighted by Crippen LogP contribution is 2.21. The lowest BCUT2D eigenvalue weighted by atomic mass is 10.3. The van der Waals surface area contributed by atoms with Gasteiger partial charge in [-0.3, -0.25) is 0 Å². The van der Waals surface area contributed by atoms with Crippen LogP contribution in [0.1, 0.15) is 29.3 Å². The first kappa shape index (κ1) is 16.6. The average molecular weight is 346 g/mol. The minimum absolute atomic E-state index is 0.283. The minimum atomic E-state index is -3.45. The Balaban J connectivity index is 1.99. The van der Waals surface area contributed by atoms with Crippen molar-refractivity contribution in [1.82, 2.24) is 15.0 Å². The predicted octanol–water partition coefficient (Wildman–Crippen LogP) is 2.49. The van der Waals surface area contributed by atoms with Gasteiger partial charge in [-0.1, -0.05) is 13.8 Å². The van der Waals surface area contributed by atoms with Crippen LogP contribution in [0.4, 0.5) is 0 Å². The molecule has 2 rings (SSSR count). The summed E-state index contributed by atoms with van der Waals surface area (Å²) in [7, 11) is -3.45. The van der Waals surface area contributed by atoms with Crippen LogP contribution in [0.25, 0.3) is 0 Å². The van der Waals surface area contributed by atoms with Crippen LogP contribution in [0.5, 0.6) is 0 Å². The number of rotatable bonds is 7. The van der Waals surface area contributed by atoms with Gasteiger partial charge in [0.1, 0.15) is 4.21 Å². The number of aryl methyl sites for hydroxylation is 1. The van der Waals surface area contributed by atoms with Crippen molar-refractivity contribution in [2.45, 2.75) is 44.1 Å². The summed E-state index contributed by atoms with van der Waals surface area (Å²) in [6, 6.07) is 2.10. The number of nitrogens with zero attached hydrogens (tertiary/aromatic N) is 1. The fraction of sp³-hybridized carbons (Fsp3) is 0.462. The Bertz CT molecular complexity index is 689. The maximum atomic E-state index is 12.2. The van der Waals surface area contributed by atoms with Crippen molar-refractivity contribution in [3.05, 3.63) is 33.1 Å². The summed E-state index contributed by atoms with van der Waals surface area (Å²) in [5, 5.41) is 6.08. The van der Waals surface area contributed by atoms with Crippen LogP contribution < -0.4 is 10.0 Å². The number of thiophene rings is 1. The molecule has 2 heterocycles. The third-order valence-corrected chi connectivity index (χ3v) is 6.52. The van der Waals surface area contributed by atoms with Crippen LogP contribution in [-0.4, -0.2) is 19.4 Å². The fourth-order valence-electron chi connectivity index (χ4n) is 1.63. The van der Waals surface area contributed by atoms with Crippen LogP contribution >= 0.6 is 22.7 Å². The topological polar surface area (TPSA) is 71.1 Å². The molecule has 0 aliphatic carbocycles. The molecule has 0 aliphatic rings. The number of nitrogens with one attached hydrogen (secondary N) is 2. The van der Waals surface area contributed by atoms with E-state index in [1.54, 1.807) is 12.3 Å². The third kappa shape index (κ3) is 4.86. The third-order valence-electron chi connectivity index (χ3n) is 2.71. The van der Waals surface area contributed by atoms with Gasteiger partial charge in [-0.05, 0) is 23.9 Å². The van der Waals surface area contributed by atoms with Crippen molar-refractivity contribution in [3.8, 4) is 0 Å². The van der Waals surface area contributed by atoms with E-state index in [1.807, 2.05) is 12.3 Å². The van der Waals surface area contributed by atoms with Crippen molar-refractivity contribution in [3.63, 3.8) is 0 Å². The van der Waals surface area contributed by atoms with Crippen LogP contribution in [-0.2, 0) is 23.1 Å². The van der Waals surface area contributed by atoms with E-state index in [0.717, 1.165) is 15.4 Å². The lowest BCUT2D eigenvalue weighted by Gasteiger charge is -2.05. The van der Waals surface area contributed by atoms with E-state index in [4.69, 9.17) is 0 Å². The second-order valence-corrected chi connectivity index (χ2v) is 9.20. The Morgan fingerprint density at radius 2 is 2.10 bits per heavy atom. The van der Waals surface area contributed by atoms with E-state index in [9.17, 15) is 8.42 Å². The minimum Gasteiger partial charge on any atom is -0.310 e. The van der Waals surface area contributed by atoms with Crippen LogP contribution in [0.15, 0.2) is 21.9 Å². The Labute approximate surface area is 133 Å². The van der Waals surface area contributed by atoms with Crippen molar-refractivity contribution in [1.29, 1.82) is 0 Å². The largest absolute Gasteiger partial charge is 0.310 e. The number of thiazole rings is 1. The van der Waals surface area contributed by atoms with E-state index < -0.39 is 10.0 Å². The number of hydrogen-bond donors (Lipinski definition) is 2. The van der Waals surface area contributed by atoms with Gasteiger partial charge in [0.2, 0.25) is 10.0 Å². The summed E-state index contributed by atoms with van der Waals surface area (Å²) in [5.74, 6) is 0. The normalized spacial score (nSPS) is 12.2. The molecule has 0 fully saturated rings. The van der Waals surface area contributed by atoms with Gasteiger partial charge in [-0.15, -0.1) is 22.7 Å². The molecule has 0 spiro atoms. The highest BCUT2D eigenvalue weighted by molar-refractivity contribution is 7.91. The van der Waals surface area contributed by atoms with Gasteiger partial charge in [0.15, 0.2) is 0 Å². The Morgan fingerprint density at radius 1 is 1.33 bits per heavy atom. The van der Waals surface area contributed by atoms with E-state index in [-0.39, 0.29) is 6.54 Å². The average Bonchev–Trinajstić information content (AvgIpc) is 3.03. The maximum absolute atomic E-state index is 12.2. The van der Waals surface area contributed by atoms with Crippen LogP contribution in [0.2, 0.25) is 0 Å². The summed E-state index contributed by atoms with van der Waals surface area (Å²) in [5.41, 5.74) is 0.989. The first-order valence-electron chi connectivity index (χ1n) is 6.58. The van der Waals surface area contributed by atoms with Crippen molar-refractivity contribution >= 4 is 32.7 Å². The van der Waals surface area contributed by atoms with Gasteiger partial charge < -0.3 is 5.32 Å². The molecule has 0 aliphatic heterocycles. The molecule has 0 bridgehead atoms. The van der Waals surface area contributed by atoms with Crippen molar-refractivity contribution in [2.24, 2.45) is 0 Å². The monoisotopic (exact) mass is 345 g/mol. The molecule has 2 N–H and O–H groups in total. The molecule has 0 unspecified atom stereocenters. The fourth-order valence-corrected chi connectivity index (χ4v) is 4.72. The first-order valence-corrected chi connectivity index (χ1v) is 9.76. The molecular formula is C13H19N3O2S3. The SMILES string of the molecule is Cc1ncc(CNS(=O)(=O)c2cc(CNC(C)C)cs2)s1. The smallest absolute Gasteiger partial charge is 0.250 e. The molecule has 0 saturated carbocycles. The van der Waals surface area contributed by atoms with E-state index in [2.05, 4.69) is 28.9 Å². The molecular weight excluding hydrogens is 326 g/mol. The lowest BCUT2D eigenvalue weighted by molar-refractivity contribution is 0.582. The summed E-state index contributed by atoms with van der Waals surface area (Å²) in [4.78, 5) is 5.02. The molecule has 8 heteroatoms. The highest BCUT2D eigenvalue weighted by Gasteiger charge is 2.17. The molecule has 2 aromatic heterocycles. The second-order valence-electron chi connectivity index (χ2n) is 4.98. The second kappa shape index (κ2) is 6.97. The standard InChI is InChI=1S/C13H19N3O2S3/c1-9(2)14-5-11-4-13(19-8-11)21(17,18)16-7-12-6-15-10(3)20-12/h4,6,8-9,14,16H,5,7H2,1-3H3. The van der Waals surface area contributed by atoms with Crippen molar-refractivity contribution in [2.75, 3.05) is 0 Å². The summed E-state index contributed by atoms with van der Waals surface area (Å²) in [6.07, 6.45) is 1.70. The first-order chi connectivity index (χ1) is 9.87. The number of aromatic nitrogens is 1. The van der Waals surface area contributed by atoms with E-state index in [1.165, 1.54) is 22.7 Å². The van der Waals surface area contributed by atoms with Gasteiger partial charge in [0, 0.05) is 30.2 Å². The molecule has 116 valence electrons.